The number of hydrogen-bond donors (Lipinski definition) is 2. The van der Waals surface area contributed by atoms with Gasteiger partial charge in [0, 0.05) is 13.1 Å². The molecule has 0 radical (unpaired) electrons. The third-order valence-corrected chi connectivity index (χ3v) is 4.18. The van der Waals surface area contributed by atoms with Gasteiger partial charge in [-0.25, -0.2) is 18.7 Å². The number of halogens is 2. The van der Waals surface area contributed by atoms with E-state index in [9.17, 15) is 13.6 Å². The minimum Gasteiger partial charge on any atom is -0.494 e. The number of methoxy groups -OCH3 is 2. The van der Waals surface area contributed by atoms with Crippen LogP contribution in [0.1, 0.15) is 5.56 Å². The molecule has 0 saturated heterocycles. The van der Waals surface area contributed by atoms with E-state index in [1.165, 1.54) is 31.3 Å². The Bertz CT molecular complexity index is 1110. The summed E-state index contributed by atoms with van der Waals surface area (Å²) in [4.78, 5) is 19.7. The summed E-state index contributed by atoms with van der Waals surface area (Å²) in [6, 6.07) is 1.11. The van der Waals surface area contributed by atoms with Crippen LogP contribution in [-0.2, 0) is 18.4 Å². The Morgan fingerprint density at radius 2 is 1.81 bits per heavy atom. The number of aromatic nitrogens is 4. The molecule has 168 valence electrons. The lowest BCUT2D eigenvalue weighted by atomic mass is 10.1. The van der Waals surface area contributed by atoms with Crippen LogP contribution in [0.2, 0.25) is 0 Å². The van der Waals surface area contributed by atoms with Crippen LogP contribution in [0.5, 0.6) is 17.2 Å². The van der Waals surface area contributed by atoms with E-state index in [1.54, 1.807) is 13.2 Å². The van der Waals surface area contributed by atoms with E-state index < -0.39 is 24.1 Å². The molecule has 0 aliphatic rings. The molecule has 32 heavy (non-hydrogen) atoms. The highest BCUT2D eigenvalue weighted by Crippen LogP contribution is 2.32. The molecule has 2 aromatic heterocycles. The van der Waals surface area contributed by atoms with Crippen LogP contribution >= 0.6 is 0 Å². The van der Waals surface area contributed by atoms with E-state index in [0.29, 0.717) is 11.5 Å². The van der Waals surface area contributed by atoms with E-state index >= 15 is 0 Å². The van der Waals surface area contributed by atoms with Crippen molar-refractivity contribution in [2.45, 2.75) is 6.61 Å². The summed E-state index contributed by atoms with van der Waals surface area (Å²) in [5, 5.41) is 9.65. The van der Waals surface area contributed by atoms with Gasteiger partial charge in [0.05, 0.1) is 38.4 Å². The number of anilines is 3. The maximum absolute atomic E-state index is 14.4. The van der Waals surface area contributed by atoms with Crippen LogP contribution in [-0.4, -0.2) is 39.9 Å². The molecule has 0 spiro atoms. The van der Waals surface area contributed by atoms with Crippen molar-refractivity contribution in [3.05, 3.63) is 54.5 Å². The SMILES string of the molecule is C=CC(=O)Nc1cn(C)nc1Nc1ncc(OCc2c(F)c(OC)cc(OC)c2F)cn1. The van der Waals surface area contributed by atoms with E-state index in [1.807, 2.05) is 0 Å². The summed E-state index contributed by atoms with van der Waals surface area (Å²) in [6.07, 6.45) is 5.34. The van der Waals surface area contributed by atoms with Crippen LogP contribution < -0.4 is 24.8 Å². The number of carbonyl (C=O) groups excluding carboxylic acids is 1. The molecule has 1 amide bonds. The fraction of sp³-hybridized carbons (Fsp3) is 0.200. The standard InChI is InChI=1S/C20H20F2N6O4/c1-5-16(29)25-13-9-28(2)27-19(13)26-20-23-7-11(8-24-20)32-10-12-17(21)14(30-3)6-15(31-4)18(12)22/h5-9H,1,10H2,2-4H3,(H,25,29)(H,23,24,26,27). The molecule has 2 heterocycles. The van der Waals surface area contributed by atoms with Gasteiger partial charge in [-0.3, -0.25) is 9.48 Å². The first-order valence-corrected chi connectivity index (χ1v) is 9.14. The van der Waals surface area contributed by atoms with Crippen LogP contribution in [0.3, 0.4) is 0 Å². The number of nitrogens with one attached hydrogen (secondary N) is 2. The van der Waals surface area contributed by atoms with Crippen molar-refractivity contribution in [2.75, 3.05) is 24.9 Å². The Morgan fingerprint density at radius 1 is 1.19 bits per heavy atom. The second kappa shape index (κ2) is 9.73. The van der Waals surface area contributed by atoms with E-state index in [4.69, 9.17) is 14.2 Å². The van der Waals surface area contributed by atoms with E-state index in [0.717, 1.165) is 12.1 Å². The van der Waals surface area contributed by atoms with Gasteiger partial charge in [0.25, 0.3) is 0 Å². The van der Waals surface area contributed by atoms with Crippen molar-refractivity contribution < 1.29 is 27.8 Å². The number of nitrogens with zero attached hydrogens (tertiary/aromatic N) is 4. The van der Waals surface area contributed by atoms with Crippen molar-refractivity contribution >= 4 is 23.4 Å². The van der Waals surface area contributed by atoms with Gasteiger partial charge in [-0.1, -0.05) is 6.58 Å². The third kappa shape index (κ3) is 4.91. The van der Waals surface area contributed by atoms with Gasteiger partial charge in [0.2, 0.25) is 11.9 Å². The lowest BCUT2D eigenvalue weighted by Gasteiger charge is -2.13. The van der Waals surface area contributed by atoms with Crippen LogP contribution in [0.15, 0.2) is 37.3 Å². The van der Waals surface area contributed by atoms with Crippen molar-refractivity contribution in [3.8, 4) is 17.2 Å². The van der Waals surface area contributed by atoms with Gasteiger partial charge in [0.1, 0.15) is 12.3 Å². The summed E-state index contributed by atoms with van der Waals surface area (Å²) in [7, 11) is 4.20. The zero-order chi connectivity index (χ0) is 23.3. The number of carbonyl (C=O) groups is 1. The fourth-order valence-corrected chi connectivity index (χ4v) is 2.64. The second-order valence-corrected chi connectivity index (χ2v) is 6.30. The van der Waals surface area contributed by atoms with Crippen molar-refractivity contribution in [2.24, 2.45) is 7.05 Å². The largest absolute Gasteiger partial charge is 0.494 e. The van der Waals surface area contributed by atoms with E-state index in [-0.39, 0.29) is 28.8 Å². The first kappa shape index (κ1) is 22.5. The Hall–Kier alpha value is -4.22. The summed E-state index contributed by atoms with van der Waals surface area (Å²) in [5.74, 6) is -1.91. The predicted molar refractivity (Wildman–Crippen MR) is 111 cm³/mol. The molecule has 12 heteroatoms. The number of ether oxygens (including phenoxy) is 3. The Labute approximate surface area is 181 Å². The minimum absolute atomic E-state index is 0.158. The molecule has 3 rings (SSSR count). The molecule has 0 atom stereocenters. The van der Waals surface area contributed by atoms with Gasteiger partial charge in [-0.15, -0.1) is 0 Å². The zero-order valence-corrected chi connectivity index (χ0v) is 17.5. The summed E-state index contributed by atoms with van der Waals surface area (Å²) in [6.45, 7) is 2.95. The number of benzene rings is 1. The predicted octanol–water partition coefficient (Wildman–Crippen LogP) is 2.95. The van der Waals surface area contributed by atoms with Crippen LogP contribution in [0.25, 0.3) is 0 Å². The Kier molecular flexibility index (Phi) is 6.83. The normalized spacial score (nSPS) is 10.4. The van der Waals surface area contributed by atoms with Crippen molar-refractivity contribution in [1.82, 2.24) is 19.7 Å². The van der Waals surface area contributed by atoms with Gasteiger partial charge in [-0.2, -0.15) is 5.10 Å². The maximum Gasteiger partial charge on any atom is 0.247 e. The summed E-state index contributed by atoms with van der Waals surface area (Å²) in [5.41, 5.74) is 0.0405. The number of aryl methyl sites for hydroxylation is 1. The number of hydrogen-bond acceptors (Lipinski definition) is 8. The highest BCUT2D eigenvalue weighted by Gasteiger charge is 2.20. The zero-order valence-electron chi connectivity index (χ0n) is 17.5. The Morgan fingerprint density at radius 3 is 2.38 bits per heavy atom. The first-order valence-electron chi connectivity index (χ1n) is 9.14. The molecule has 1 aromatic carbocycles. The lowest BCUT2D eigenvalue weighted by molar-refractivity contribution is -0.111. The first-order chi connectivity index (χ1) is 15.4. The molecule has 0 bridgehead atoms. The molecule has 0 aliphatic carbocycles. The maximum atomic E-state index is 14.4. The molecule has 0 unspecified atom stereocenters. The smallest absolute Gasteiger partial charge is 0.247 e. The monoisotopic (exact) mass is 446 g/mol. The molecular formula is C20H20F2N6O4. The lowest BCUT2D eigenvalue weighted by Crippen LogP contribution is -2.09. The highest BCUT2D eigenvalue weighted by atomic mass is 19.1. The summed E-state index contributed by atoms with van der Waals surface area (Å²) >= 11 is 0. The average Bonchev–Trinajstić information content (AvgIpc) is 3.13. The topological polar surface area (TPSA) is 112 Å². The molecular weight excluding hydrogens is 426 g/mol. The van der Waals surface area contributed by atoms with Crippen LogP contribution in [0, 0.1) is 11.6 Å². The van der Waals surface area contributed by atoms with Crippen molar-refractivity contribution in [1.29, 1.82) is 0 Å². The van der Waals surface area contributed by atoms with Crippen molar-refractivity contribution in [3.63, 3.8) is 0 Å². The third-order valence-electron chi connectivity index (χ3n) is 4.18. The van der Waals surface area contributed by atoms with E-state index in [2.05, 4.69) is 32.3 Å². The molecule has 0 fully saturated rings. The van der Waals surface area contributed by atoms with Gasteiger partial charge in [0.15, 0.2) is 34.7 Å². The second-order valence-electron chi connectivity index (χ2n) is 6.30. The van der Waals surface area contributed by atoms with Crippen LogP contribution in [0.4, 0.5) is 26.2 Å². The fourth-order valence-electron chi connectivity index (χ4n) is 2.64. The number of amides is 1. The van der Waals surface area contributed by atoms with Gasteiger partial charge in [-0.05, 0) is 6.08 Å². The van der Waals surface area contributed by atoms with Gasteiger partial charge >= 0.3 is 0 Å². The molecule has 0 aliphatic heterocycles. The minimum atomic E-state index is -0.894. The summed E-state index contributed by atoms with van der Waals surface area (Å²) < 4.78 is 45.6. The molecule has 0 saturated carbocycles. The molecule has 2 N–H and O–H groups in total. The number of rotatable bonds is 9. The molecule has 10 nitrogen and oxygen atoms in total. The highest BCUT2D eigenvalue weighted by molar-refractivity contribution is 6.00. The quantitative estimate of drug-likeness (QED) is 0.483. The van der Waals surface area contributed by atoms with Gasteiger partial charge < -0.3 is 24.8 Å². The average molecular weight is 446 g/mol. The Balaban J connectivity index is 1.72. The molecule has 3 aromatic rings.